The Morgan fingerprint density at radius 1 is 0.964 bits per heavy atom. The third-order valence-electron chi connectivity index (χ3n) is 5.00. The van der Waals surface area contributed by atoms with Crippen LogP contribution in [0.1, 0.15) is 26.3 Å². The van der Waals surface area contributed by atoms with E-state index in [4.69, 9.17) is 4.74 Å². The van der Waals surface area contributed by atoms with Crippen LogP contribution < -0.4 is 4.90 Å². The Morgan fingerprint density at radius 3 is 2.39 bits per heavy atom. The van der Waals surface area contributed by atoms with Crippen LogP contribution in [0.3, 0.4) is 0 Å². The highest BCUT2D eigenvalue weighted by atomic mass is 79.9. The first-order chi connectivity index (χ1) is 13.5. The number of hydrogen-bond donors (Lipinski definition) is 0. The molecule has 0 spiro atoms. The van der Waals surface area contributed by atoms with Crippen molar-refractivity contribution in [2.45, 2.75) is 6.54 Å². The lowest BCUT2D eigenvalue weighted by Crippen LogP contribution is -2.41. The third-order valence-corrected chi connectivity index (χ3v) is 5.78. The van der Waals surface area contributed by atoms with E-state index in [9.17, 15) is 9.59 Å². The molecule has 0 fully saturated rings. The van der Waals surface area contributed by atoms with Crippen LogP contribution in [-0.4, -0.2) is 37.6 Å². The van der Waals surface area contributed by atoms with Crippen molar-refractivity contribution in [2.75, 3.05) is 25.8 Å². The Kier molecular flexibility index (Phi) is 4.91. The molecule has 0 radical (unpaired) electrons. The molecule has 0 atom stereocenters. The van der Waals surface area contributed by atoms with Crippen molar-refractivity contribution in [1.29, 1.82) is 0 Å². The van der Waals surface area contributed by atoms with Gasteiger partial charge in [0.2, 0.25) is 0 Å². The summed E-state index contributed by atoms with van der Waals surface area (Å²) in [4.78, 5) is 28.9. The number of methoxy groups -OCH3 is 1. The molecule has 0 saturated carbocycles. The van der Waals surface area contributed by atoms with Gasteiger partial charge in [-0.1, -0.05) is 46.3 Å². The molecule has 2 amide bonds. The summed E-state index contributed by atoms with van der Waals surface area (Å²) in [7, 11) is 3.48. The van der Waals surface area contributed by atoms with Crippen LogP contribution >= 0.6 is 15.9 Å². The molecule has 3 aromatic rings. The van der Waals surface area contributed by atoms with Crippen LogP contribution in [-0.2, 0) is 11.3 Å². The number of amides is 2. The molecule has 0 aliphatic carbocycles. The van der Waals surface area contributed by atoms with E-state index in [1.54, 1.807) is 12.1 Å². The van der Waals surface area contributed by atoms with Gasteiger partial charge in [-0.25, -0.2) is 0 Å². The fourth-order valence-corrected chi connectivity index (χ4v) is 4.09. The van der Waals surface area contributed by atoms with Gasteiger partial charge in [-0.3, -0.25) is 14.5 Å². The maximum atomic E-state index is 12.8. The lowest BCUT2D eigenvalue weighted by molar-refractivity contribution is 0.0346. The molecular formula is C22H19BrN2O3. The van der Waals surface area contributed by atoms with Crippen molar-refractivity contribution in [3.8, 4) is 0 Å². The van der Waals surface area contributed by atoms with Gasteiger partial charge in [0.05, 0.1) is 0 Å². The van der Waals surface area contributed by atoms with Gasteiger partial charge in [0, 0.05) is 52.8 Å². The average molecular weight is 439 g/mol. The number of hydrogen-bond acceptors (Lipinski definition) is 4. The van der Waals surface area contributed by atoms with Crippen LogP contribution in [0.15, 0.2) is 59.1 Å². The molecule has 28 heavy (non-hydrogen) atoms. The minimum absolute atomic E-state index is 0.0584. The van der Waals surface area contributed by atoms with Crippen molar-refractivity contribution < 1.29 is 14.3 Å². The number of halogens is 1. The van der Waals surface area contributed by atoms with Gasteiger partial charge in [-0.05, 0) is 29.8 Å². The molecule has 142 valence electrons. The Bertz CT molecular complexity index is 1070. The van der Waals surface area contributed by atoms with Crippen LogP contribution in [0.25, 0.3) is 10.8 Å². The summed E-state index contributed by atoms with van der Waals surface area (Å²) in [6.45, 7) is 0.634. The number of anilines is 1. The number of carbonyl (C=O) groups excluding carboxylic acids is 2. The number of carbonyl (C=O) groups is 2. The zero-order valence-electron chi connectivity index (χ0n) is 15.6. The largest absolute Gasteiger partial charge is 0.370 e. The fraction of sp³-hybridized carbons (Fsp3) is 0.182. The van der Waals surface area contributed by atoms with Crippen LogP contribution in [0.5, 0.6) is 0 Å². The predicted octanol–water partition coefficient (Wildman–Crippen LogP) is 4.44. The smallest absolute Gasteiger partial charge is 0.263 e. The molecule has 6 heteroatoms. The third kappa shape index (κ3) is 2.99. The van der Waals surface area contributed by atoms with Gasteiger partial charge in [0.25, 0.3) is 11.8 Å². The first-order valence-corrected chi connectivity index (χ1v) is 9.67. The van der Waals surface area contributed by atoms with Gasteiger partial charge in [0.15, 0.2) is 0 Å². The second-order valence-electron chi connectivity index (χ2n) is 6.76. The molecule has 3 aromatic carbocycles. The minimum atomic E-state index is -0.324. The van der Waals surface area contributed by atoms with E-state index >= 15 is 0 Å². The minimum Gasteiger partial charge on any atom is -0.370 e. The van der Waals surface area contributed by atoms with Gasteiger partial charge in [-0.15, -0.1) is 0 Å². The highest BCUT2D eigenvalue weighted by Gasteiger charge is 2.33. The highest BCUT2D eigenvalue weighted by Crippen LogP contribution is 2.36. The lowest BCUT2D eigenvalue weighted by atomic mass is 9.93. The monoisotopic (exact) mass is 438 g/mol. The summed E-state index contributed by atoms with van der Waals surface area (Å²) < 4.78 is 6.09. The maximum Gasteiger partial charge on any atom is 0.263 e. The number of nitrogens with zero attached hydrogens (tertiary/aromatic N) is 2. The van der Waals surface area contributed by atoms with E-state index in [1.807, 2.05) is 43.4 Å². The van der Waals surface area contributed by atoms with Gasteiger partial charge in [0.1, 0.15) is 6.73 Å². The molecule has 1 aliphatic heterocycles. The van der Waals surface area contributed by atoms with E-state index < -0.39 is 0 Å². The molecule has 0 unspecified atom stereocenters. The van der Waals surface area contributed by atoms with Crippen molar-refractivity contribution >= 4 is 44.2 Å². The Morgan fingerprint density at radius 2 is 1.68 bits per heavy atom. The molecule has 0 N–H and O–H groups in total. The molecule has 1 heterocycles. The summed E-state index contributed by atoms with van der Waals surface area (Å²) in [5.74, 6) is -0.647. The zero-order chi connectivity index (χ0) is 19.8. The summed E-state index contributed by atoms with van der Waals surface area (Å²) in [6, 6.07) is 17.4. The average Bonchev–Trinajstić information content (AvgIpc) is 2.70. The van der Waals surface area contributed by atoms with Crippen LogP contribution in [0, 0.1) is 0 Å². The van der Waals surface area contributed by atoms with Gasteiger partial charge in [-0.2, -0.15) is 0 Å². The number of ether oxygens (including phenoxy) is 1. The molecule has 0 aromatic heterocycles. The Hall–Kier alpha value is -2.70. The molecule has 4 rings (SSSR count). The van der Waals surface area contributed by atoms with E-state index in [2.05, 4.69) is 26.9 Å². The van der Waals surface area contributed by atoms with Crippen molar-refractivity contribution in [3.63, 3.8) is 0 Å². The first-order valence-electron chi connectivity index (χ1n) is 8.88. The Balaban J connectivity index is 1.82. The molecule has 5 nitrogen and oxygen atoms in total. The fourth-order valence-electron chi connectivity index (χ4n) is 3.68. The predicted molar refractivity (Wildman–Crippen MR) is 113 cm³/mol. The number of imide groups is 1. The van der Waals surface area contributed by atoms with E-state index in [1.165, 1.54) is 7.11 Å². The second kappa shape index (κ2) is 7.37. The summed E-state index contributed by atoms with van der Waals surface area (Å²) in [5.41, 5.74) is 3.18. The van der Waals surface area contributed by atoms with Crippen molar-refractivity contribution in [3.05, 3.63) is 75.8 Å². The topological polar surface area (TPSA) is 49.9 Å². The van der Waals surface area contributed by atoms with Crippen LogP contribution in [0.2, 0.25) is 0 Å². The maximum absolute atomic E-state index is 12.8. The number of benzene rings is 3. The normalized spacial score (nSPS) is 13.3. The SMILES string of the molecule is COCN1C(=O)c2cccc3c(N(C)Cc4ccccc4Br)ccc(c23)C1=O. The van der Waals surface area contributed by atoms with Crippen LogP contribution in [0.4, 0.5) is 5.69 Å². The standard InChI is InChI=1S/C22H19BrN2O3/c1-24(12-14-6-3-4-9-18(14)23)19-11-10-17-20-15(19)7-5-8-16(20)21(26)25(13-28-2)22(17)27/h3-11H,12-13H2,1-2H3. The van der Waals surface area contributed by atoms with Gasteiger partial charge < -0.3 is 9.64 Å². The van der Waals surface area contributed by atoms with Gasteiger partial charge >= 0.3 is 0 Å². The summed E-state index contributed by atoms with van der Waals surface area (Å²) in [6.07, 6.45) is 0. The molecule has 1 aliphatic rings. The van der Waals surface area contributed by atoms with E-state index in [0.29, 0.717) is 23.1 Å². The lowest BCUT2D eigenvalue weighted by Gasteiger charge is -2.29. The first kappa shape index (κ1) is 18.7. The highest BCUT2D eigenvalue weighted by molar-refractivity contribution is 9.10. The van der Waals surface area contributed by atoms with E-state index in [-0.39, 0.29) is 18.5 Å². The summed E-state index contributed by atoms with van der Waals surface area (Å²) >= 11 is 3.59. The molecular weight excluding hydrogens is 420 g/mol. The second-order valence-corrected chi connectivity index (χ2v) is 7.62. The van der Waals surface area contributed by atoms with E-state index in [0.717, 1.165) is 26.0 Å². The quantitative estimate of drug-likeness (QED) is 0.552. The zero-order valence-corrected chi connectivity index (χ0v) is 17.2. The molecule has 0 bridgehead atoms. The summed E-state index contributed by atoms with van der Waals surface area (Å²) in [5, 5.41) is 1.60. The molecule has 0 saturated heterocycles. The van der Waals surface area contributed by atoms with Crippen molar-refractivity contribution in [2.24, 2.45) is 0 Å². The van der Waals surface area contributed by atoms with Crippen molar-refractivity contribution in [1.82, 2.24) is 4.90 Å². The number of rotatable bonds is 5. The Labute approximate surface area is 171 Å².